The molecule has 21 heavy (non-hydrogen) atoms. The minimum Gasteiger partial charge on any atom is -0.381 e. The number of halogens is 1. The average Bonchev–Trinajstić information content (AvgIpc) is 2.48. The molecule has 4 heteroatoms. The first-order valence-corrected chi connectivity index (χ1v) is 8.67. The van der Waals surface area contributed by atoms with Crippen molar-refractivity contribution in [2.24, 2.45) is 5.92 Å². The largest absolute Gasteiger partial charge is 0.381 e. The fourth-order valence-electron chi connectivity index (χ4n) is 2.78. The van der Waals surface area contributed by atoms with Gasteiger partial charge in [-0.25, -0.2) is 0 Å². The summed E-state index contributed by atoms with van der Waals surface area (Å²) in [6.07, 6.45) is 2.23. The molecular weight excluding hydrogens is 328 g/mol. The summed E-state index contributed by atoms with van der Waals surface area (Å²) in [5.41, 5.74) is 2.69. The predicted octanol–water partition coefficient (Wildman–Crippen LogP) is 3.81. The molecule has 118 valence electrons. The Hall–Kier alpha value is -0.580. The van der Waals surface area contributed by atoms with Crippen LogP contribution in [0, 0.1) is 5.92 Å². The van der Waals surface area contributed by atoms with Gasteiger partial charge in [-0.2, -0.15) is 0 Å². The van der Waals surface area contributed by atoms with E-state index < -0.39 is 0 Å². The first kappa shape index (κ1) is 16.8. The van der Waals surface area contributed by atoms with Crippen LogP contribution in [0.15, 0.2) is 22.7 Å². The topological polar surface area (TPSA) is 24.5 Å². The van der Waals surface area contributed by atoms with Gasteiger partial charge >= 0.3 is 0 Å². The molecule has 0 aromatic heterocycles. The number of hydrogen-bond acceptors (Lipinski definition) is 3. The summed E-state index contributed by atoms with van der Waals surface area (Å²) in [6.45, 7) is 8.21. The zero-order valence-electron chi connectivity index (χ0n) is 13.4. The molecule has 0 radical (unpaired) electrons. The highest BCUT2D eigenvalue weighted by Crippen LogP contribution is 2.28. The van der Waals surface area contributed by atoms with Gasteiger partial charge in [0.2, 0.25) is 0 Å². The molecule has 1 saturated heterocycles. The smallest absolute Gasteiger partial charge is 0.0485 e. The molecule has 0 spiro atoms. The first-order chi connectivity index (χ1) is 10.1. The molecule has 0 bridgehead atoms. The quantitative estimate of drug-likeness (QED) is 0.840. The summed E-state index contributed by atoms with van der Waals surface area (Å²) in [6, 6.07) is 7.18. The van der Waals surface area contributed by atoms with Crippen LogP contribution in [0.4, 0.5) is 5.69 Å². The lowest BCUT2D eigenvalue weighted by molar-refractivity contribution is 0.0854. The van der Waals surface area contributed by atoms with E-state index >= 15 is 0 Å². The fraction of sp³-hybridized carbons (Fsp3) is 0.647. The molecule has 1 heterocycles. The van der Waals surface area contributed by atoms with E-state index in [0.29, 0.717) is 12.0 Å². The van der Waals surface area contributed by atoms with Crippen molar-refractivity contribution in [2.45, 2.75) is 39.3 Å². The summed E-state index contributed by atoms with van der Waals surface area (Å²) in [7, 11) is 2.21. The van der Waals surface area contributed by atoms with Crippen molar-refractivity contribution >= 4 is 21.6 Å². The van der Waals surface area contributed by atoms with Gasteiger partial charge in [0.25, 0.3) is 0 Å². The Labute approximate surface area is 137 Å². The second-order valence-corrected chi connectivity index (χ2v) is 7.17. The van der Waals surface area contributed by atoms with E-state index in [4.69, 9.17) is 4.74 Å². The van der Waals surface area contributed by atoms with Crippen molar-refractivity contribution in [3.05, 3.63) is 28.2 Å². The predicted molar refractivity (Wildman–Crippen MR) is 92.9 cm³/mol. The molecule has 0 saturated carbocycles. The zero-order chi connectivity index (χ0) is 15.2. The van der Waals surface area contributed by atoms with Crippen molar-refractivity contribution < 1.29 is 4.74 Å². The number of nitrogens with one attached hydrogen (secondary N) is 1. The van der Waals surface area contributed by atoms with Crippen molar-refractivity contribution in [3.63, 3.8) is 0 Å². The van der Waals surface area contributed by atoms with E-state index in [-0.39, 0.29) is 0 Å². The molecule has 2 rings (SSSR count). The van der Waals surface area contributed by atoms with E-state index in [1.165, 1.54) is 11.3 Å². The minimum atomic E-state index is 0.580. The number of ether oxygens (including phenoxy) is 1. The van der Waals surface area contributed by atoms with Crippen LogP contribution in [0.25, 0.3) is 0 Å². The summed E-state index contributed by atoms with van der Waals surface area (Å²) in [5, 5.41) is 3.55. The zero-order valence-corrected chi connectivity index (χ0v) is 14.9. The third-order valence-corrected chi connectivity index (χ3v) is 4.53. The highest BCUT2D eigenvalue weighted by atomic mass is 79.9. The maximum absolute atomic E-state index is 5.48. The fourth-order valence-corrected chi connectivity index (χ4v) is 3.13. The lowest BCUT2D eigenvalue weighted by Crippen LogP contribution is -2.37. The first-order valence-electron chi connectivity index (χ1n) is 7.87. The van der Waals surface area contributed by atoms with Crippen LogP contribution in [-0.4, -0.2) is 32.8 Å². The third-order valence-electron chi connectivity index (χ3n) is 4.03. The minimum absolute atomic E-state index is 0.580. The van der Waals surface area contributed by atoms with Crippen molar-refractivity contribution in [3.8, 4) is 0 Å². The Morgan fingerprint density at radius 3 is 2.71 bits per heavy atom. The summed E-state index contributed by atoms with van der Waals surface area (Å²) < 4.78 is 6.63. The average molecular weight is 355 g/mol. The molecule has 0 atom stereocenters. The van der Waals surface area contributed by atoms with Gasteiger partial charge in [0, 0.05) is 43.0 Å². The standard InChI is InChI=1S/C17H27BrN2O/c1-13(2)11-19-12-14-4-5-15(18)10-17(14)20(3)16-6-8-21-9-7-16/h4-5,10,13,16,19H,6-9,11-12H2,1-3H3. The van der Waals surface area contributed by atoms with E-state index in [1.54, 1.807) is 0 Å². The Balaban J connectivity index is 2.09. The van der Waals surface area contributed by atoms with Crippen molar-refractivity contribution in [2.75, 3.05) is 31.7 Å². The van der Waals surface area contributed by atoms with Crippen molar-refractivity contribution in [1.29, 1.82) is 0 Å². The van der Waals surface area contributed by atoms with Crippen LogP contribution >= 0.6 is 15.9 Å². The summed E-state index contributed by atoms with van der Waals surface area (Å²) in [5.74, 6) is 0.678. The molecule has 0 amide bonds. The molecule has 1 aliphatic heterocycles. The lowest BCUT2D eigenvalue weighted by Gasteiger charge is -2.34. The van der Waals surface area contributed by atoms with Crippen LogP contribution in [0.5, 0.6) is 0 Å². The van der Waals surface area contributed by atoms with Crippen LogP contribution in [0.2, 0.25) is 0 Å². The van der Waals surface area contributed by atoms with E-state index in [2.05, 4.69) is 65.2 Å². The van der Waals surface area contributed by atoms with E-state index in [9.17, 15) is 0 Å². The second kappa shape index (κ2) is 8.16. The number of benzene rings is 1. The lowest BCUT2D eigenvalue weighted by atomic mass is 10.0. The van der Waals surface area contributed by atoms with Gasteiger partial charge in [0.05, 0.1) is 0 Å². The van der Waals surface area contributed by atoms with Gasteiger partial charge in [-0.15, -0.1) is 0 Å². The normalized spacial score (nSPS) is 16.4. The molecule has 1 aromatic rings. The molecule has 1 fully saturated rings. The van der Waals surface area contributed by atoms with Gasteiger partial charge in [-0.05, 0) is 43.0 Å². The molecule has 1 aliphatic rings. The number of nitrogens with zero attached hydrogens (tertiary/aromatic N) is 1. The van der Waals surface area contributed by atoms with Gasteiger partial charge in [-0.1, -0.05) is 35.8 Å². The number of rotatable bonds is 6. The molecular formula is C17H27BrN2O. The second-order valence-electron chi connectivity index (χ2n) is 6.25. The highest BCUT2D eigenvalue weighted by molar-refractivity contribution is 9.10. The summed E-state index contributed by atoms with van der Waals surface area (Å²) in [4.78, 5) is 2.43. The number of hydrogen-bond donors (Lipinski definition) is 1. The molecule has 3 nitrogen and oxygen atoms in total. The molecule has 1 aromatic carbocycles. The van der Waals surface area contributed by atoms with E-state index in [1.807, 2.05) is 0 Å². The van der Waals surface area contributed by atoms with Crippen LogP contribution in [0.1, 0.15) is 32.3 Å². The van der Waals surface area contributed by atoms with Gasteiger partial charge < -0.3 is 15.0 Å². The SMILES string of the molecule is CC(C)CNCc1ccc(Br)cc1N(C)C1CCOCC1. The van der Waals surface area contributed by atoms with Crippen molar-refractivity contribution in [1.82, 2.24) is 5.32 Å². The monoisotopic (exact) mass is 354 g/mol. The van der Waals surface area contributed by atoms with Crippen LogP contribution in [-0.2, 0) is 11.3 Å². The maximum Gasteiger partial charge on any atom is 0.0485 e. The maximum atomic E-state index is 5.48. The van der Waals surface area contributed by atoms with Gasteiger partial charge in [-0.3, -0.25) is 0 Å². The molecule has 1 N–H and O–H groups in total. The Morgan fingerprint density at radius 2 is 2.05 bits per heavy atom. The van der Waals surface area contributed by atoms with Crippen LogP contribution in [0.3, 0.4) is 0 Å². The molecule has 0 unspecified atom stereocenters. The number of anilines is 1. The third kappa shape index (κ3) is 4.97. The Bertz CT molecular complexity index is 444. The van der Waals surface area contributed by atoms with E-state index in [0.717, 1.165) is 43.6 Å². The summed E-state index contributed by atoms with van der Waals surface area (Å²) >= 11 is 3.61. The van der Waals surface area contributed by atoms with Gasteiger partial charge in [0.15, 0.2) is 0 Å². The Morgan fingerprint density at radius 1 is 1.33 bits per heavy atom. The highest BCUT2D eigenvalue weighted by Gasteiger charge is 2.20. The van der Waals surface area contributed by atoms with Gasteiger partial charge in [0.1, 0.15) is 0 Å². The van der Waals surface area contributed by atoms with Crippen LogP contribution < -0.4 is 10.2 Å². The molecule has 0 aliphatic carbocycles. The Kier molecular flexibility index (Phi) is 6.52.